The molecule has 2 heterocycles. The smallest absolute Gasteiger partial charge is 0.329 e. The van der Waals surface area contributed by atoms with Gasteiger partial charge >= 0.3 is 5.97 Å². The molecule has 7 heteroatoms. The molecule has 0 spiro atoms. The number of nitrogens with zero attached hydrogens (tertiary/aromatic N) is 2. The van der Waals surface area contributed by atoms with Crippen LogP contribution in [0.15, 0.2) is 35.4 Å². The predicted octanol–water partition coefficient (Wildman–Crippen LogP) is 4.60. The van der Waals surface area contributed by atoms with E-state index in [4.69, 9.17) is 16.3 Å². The average Bonchev–Trinajstić information content (AvgIpc) is 2.92. The van der Waals surface area contributed by atoms with E-state index in [1.807, 2.05) is 19.1 Å². The molecule has 0 fully saturated rings. The summed E-state index contributed by atoms with van der Waals surface area (Å²) in [4.78, 5) is 31.4. The first-order chi connectivity index (χ1) is 12.3. The van der Waals surface area contributed by atoms with Crippen LogP contribution in [0, 0.1) is 6.92 Å². The number of esters is 1. The fourth-order valence-electron chi connectivity index (χ4n) is 2.80. The number of ether oxygens (including phenoxy) is 1. The van der Waals surface area contributed by atoms with Crippen molar-refractivity contribution in [2.45, 2.75) is 39.8 Å². The third-order valence-electron chi connectivity index (χ3n) is 4.06. The summed E-state index contributed by atoms with van der Waals surface area (Å²) in [5.41, 5.74) is 1.47. The van der Waals surface area contributed by atoms with Gasteiger partial charge in [0.1, 0.15) is 10.9 Å². The molecule has 0 aliphatic rings. The number of thiophene rings is 1. The van der Waals surface area contributed by atoms with Gasteiger partial charge in [-0.15, -0.1) is 11.3 Å². The van der Waals surface area contributed by atoms with Crippen LogP contribution in [-0.4, -0.2) is 21.6 Å². The maximum absolute atomic E-state index is 13.1. The second kappa shape index (κ2) is 7.21. The lowest BCUT2D eigenvalue weighted by Crippen LogP contribution is -2.30. The molecule has 1 atom stereocenters. The van der Waals surface area contributed by atoms with E-state index in [0.717, 1.165) is 16.0 Å². The molecule has 3 rings (SSSR count). The minimum absolute atomic E-state index is 0.245. The summed E-state index contributed by atoms with van der Waals surface area (Å²) in [6.45, 7) is 7.14. The van der Waals surface area contributed by atoms with Crippen LogP contribution in [0.3, 0.4) is 0 Å². The van der Waals surface area contributed by atoms with Crippen LogP contribution in [0.2, 0.25) is 5.02 Å². The van der Waals surface area contributed by atoms with Gasteiger partial charge in [0, 0.05) is 15.5 Å². The van der Waals surface area contributed by atoms with E-state index in [1.54, 1.807) is 32.9 Å². The molecule has 0 radical (unpaired) electrons. The summed E-state index contributed by atoms with van der Waals surface area (Å²) in [5.74, 6) is -0.455. The highest BCUT2D eigenvalue weighted by molar-refractivity contribution is 7.19. The SMILES string of the molecule is Cc1sc2ncn(C(C)C(=O)OC(C)C)c(=O)c2c1-c1ccc(Cl)cc1. The van der Waals surface area contributed by atoms with E-state index >= 15 is 0 Å². The molecule has 3 aromatic rings. The number of carbonyl (C=O) groups is 1. The van der Waals surface area contributed by atoms with Crippen LogP contribution in [0.5, 0.6) is 0 Å². The van der Waals surface area contributed by atoms with Crippen molar-refractivity contribution >= 4 is 39.1 Å². The zero-order valence-corrected chi connectivity index (χ0v) is 16.5. The molecule has 0 amide bonds. The van der Waals surface area contributed by atoms with Gasteiger partial charge in [-0.05, 0) is 45.4 Å². The molecule has 1 aromatic carbocycles. The van der Waals surface area contributed by atoms with Gasteiger partial charge in [-0.25, -0.2) is 9.78 Å². The molecule has 1 unspecified atom stereocenters. The normalized spacial score (nSPS) is 12.5. The number of aryl methyl sites for hydroxylation is 1. The quantitative estimate of drug-likeness (QED) is 0.611. The zero-order chi connectivity index (χ0) is 19.0. The maximum Gasteiger partial charge on any atom is 0.329 e. The van der Waals surface area contributed by atoms with Gasteiger partial charge in [0.25, 0.3) is 5.56 Å². The number of hydrogen-bond acceptors (Lipinski definition) is 5. The monoisotopic (exact) mass is 390 g/mol. The predicted molar refractivity (Wildman–Crippen MR) is 105 cm³/mol. The number of aromatic nitrogens is 2. The van der Waals surface area contributed by atoms with Crippen LogP contribution in [0.4, 0.5) is 0 Å². The Bertz CT molecular complexity index is 1020. The van der Waals surface area contributed by atoms with E-state index in [1.165, 1.54) is 22.2 Å². The van der Waals surface area contributed by atoms with Gasteiger partial charge in [-0.3, -0.25) is 9.36 Å². The van der Waals surface area contributed by atoms with Gasteiger partial charge in [-0.2, -0.15) is 0 Å². The fourth-order valence-corrected chi connectivity index (χ4v) is 3.93. The summed E-state index contributed by atoms with van der Waals surface area (Å²) < 4.78 is 6.56. The average molecular weight is 391 g/mol. The molecule has 0 saturated heterocycles. The lowest BCUT2D eigenvalue weighted by Gasteiger charge is -2.16. The third kappa shape index (κ3) is 3.39. The summed E-state index contributed by atoms with van der Waals surface area (Å²) in [5, 5.41) is 1.15. The first kappa shape index (κ1) is 18.6. The largest absolute Gasteiger partial charge is 0.461 e. The summed E-state index contributed by atoms with van der Waals surface area (Å²) in [6, 6.07) is 6.59. The fraction of sp³-hybridized carbons (Fsp3) is 0.316. The Morgan fingerprint density at radius 2 is 1.88 bits per heavy atom. The third-order valence-corrected chi connectivity index (χ3v) is 5.32. The molecule has 0 saturated carbocycles. The number of rotatable bonds is 4. The van der Waals surface area contributed by atoms with Crippen LogP contribution in [0.1, 0.15) is 31.7 Å². The van der Waals surface area contributed by atoms with Crippen molar-refractivity contribution in [3.05, 3.63) is 50.8 Å². The minimum Gasteiger partial charge on any atom is -0.461 e. The standard InChI is InChI=1S/C19H19ClN2O3S/c1-10(2)25-19(24)11(3)22-9-21-17-16(18(22)23)15(12(4)26-17)13-5-7-14(20)8-6-13/h5-11H,1-4H3. The molecule has 0 aliphatic heterocycles. The van der Waals surface area contributed by atoms with E-state index in [2.05, 4.69) is 4.98 Å². The van der Waals surface area contributed by atoms with E-state index in [9.17, 15) is 9.59 Å². The molecule has 5 nitrogen and oxygen atoms in total. The first-order valence-electron chi connectivity index (χ1n) is 8.26. The topological polar surface area (TPSA) is 61.2 Å². The van der Waals surface area contributed by atoms with Crippen molar-refractivity contribution in [1.29, 1.82) is 0 Å². The van der Waals surface area contributed by atoms with Crippen LogP contribution < -0.4 is 5.56 Å². The van der Waals surface area contributed by atoms with Gasteiger partial charge < -0.3 is 4.74 Å². The number of fused-ring (bicyclic) bond motifs is 1. The number of hydrogen-bond donors (Lipinski definition) is 0. The molecule has 2 aromatic heterocycles. The summed E-state index contributed by atoms with van der Waals surface area (Å²) in [7, 11) is 0. The highest BCUT2D eigenvalue weighted by Gasteiger charge is 2.23. The molecule has 0 bridgehead atoms. The lowest BCUT2D eigenvalue weighted by atomic mass is 10.0. The van der Waals surface area contributed by atoms with Crippen LogP contribution in [-0.2, 0) is 9.53 Å². The van der Waals surface area contributed by atoms with Gasteiger partial charge in [0.2, 0.25) is 0 Å². The molecule has 136 valence electrons. The van der Waals surface area contributed by atoms with E-state index in [0.29, 0.717) is 15.2 Å². The molecule has 0 N–H and O–H groups in total. The molecular formula is C19H19ClN2O3S. The first-order valence-corrected chi connectivity index (χ1v) is 9.45. The Labute approximate surface area is 160 Å². The Hall–Kier alpha value is -2.18. The maximum atomic E-state index is 13.1. The van der Waals surface area contributed by atoms with Crippen molar-refractivity contribution in [3.63, 3.8) is 0 Å². The van der Waals surface area contributed by atoms with Crippen molar-refractivity contribution in [2.75, 3.05) is 0 Å². The summed E-state index contributed by atoms with van der Waals surface area (Å²) in [6.07, 6.45) is 1.17. The molecule has 0 aliphatic carbocycles. The van der Waals surface area contributed by atoms with E-state index < -0.39 is 12.0 Å². The number of benzene rings is 1. The van der Waals surface area contributed by atoms with Crippen molar-refractivity contribution in [2.24, 2.45) is 0 Å². The summed E-state index contributed by atoms with van der Waals surface area (Å²) >= 11 is 7.44. The lowest BCUT2D eigenvalue weighted by molar-refractivity contribution is -0.151. The Balaban J connectivity index is 2.17. The number of carbonyl (C=O) groups excluding carboxylic acids is 1. The highest BCUT2D eigenvalue weighted by atomic mass is 35.5. The molecular weight excluding hydrogens is 372 g/mol. The van der Waals surface area contributed by atoms with Gasteiger partial charge in [0.05, 0.1) is 17.8 Å². The minimum atomic E-state index is -0.750. The zero-order valence-electron chi connectivity index (χ0n) is 14.9. The highest BCUT2D eigenvalue weighted by Crippen LogP contribution is 2.36. The Morgan fingerprint density at radius 1 is 1.23 bits per heavy atom. The van der Waals surface area contributed by atoms with Crippen LogP contribution >= 0.6 is 22.9 Å². The Kier molecular flexibility index (Phi) is 5.16. The van der Waals surface area contributed by atoms with Gasteiger partial charge in [0.15, 0.2) is 0 Å². The van der Waals surface area contributed by atoms with Crippen molar-refractivity contribution in [3.8, 4) is 11.1 Å². The second-order valence-electron chi connectivity index (χ2n) is 6.34. The van der Waals surface area contributed by atoms with Crippen molar-refractivity contribution < 1.29 is 9.53 Å². The second-order valence-corrected chi connectivity index (χ2v) is 7.98. The number of halogens is 1. The van der Waals surface area contributed by atoms with Crippen molar-refractivity contribution in [1.82, 2.24) is 9.55 Å². The van der Waals surface area contributed by atoms with Crippen LogP contribution in [0.25, 0.3) is 21.3 Å². The van der Waals surface area contributed by atoms with E-state index in [-0.39, 0.29) is 11.7 Å². The Morgan fingerprint density at radius 3 is 2.50 bits per heavy atom. The van der Waals surface area contributed by atoms with Gasteiger partial charge in [-0.1, -0.05) is 23.7 Å². The molecule has 26 heavy (non-hydrogen) atoms.